The lowest BCUT2D eigenvalue weighted by atomic mass is 10.1. The lowest BCUT2D eigenvalue weighted by Gasteiger charge is -2.12. The van der Waals surface area contributed by atoms with Gasteiger partial charge in [0.05, 0.1) is 17.4 Å². The number of esters is 1. The molecule has 2 rings (SSSR count). The fraction of sp³-hybridized carbons (Fsp3) is 0.562. The van der Waals surface area contributed by atoms with Crippen LogP contribution >= 0.6 is 11.3 Å². The van der Waals surface area contributed by atoms with Crippen LogP contribution in [0.3, 0.4) is 0 Å². The molecule has 0 saturated carbocycles. The Morgan fingerprint density at radius 2 is 2.26 bits per heavy atom. The third-order valence-electron chi connectivity index (χ3n) is 3.37. The van der Waals surface area contributed by atoms with Crippen LogP contribution in [0.15, 0.2) is 21.9 Å². The summed E-state index contributed by atoms with van der Waals surface area (Å²) in [7, 11) is 0. The summed E-state index contributed by atoms with van der Waals surface area (Å²) in [6.07, 6.45) is 2.35. The number of carbonyl (C=O) groups is 1. The van der Waals surface area contributed by atoms with Gasteiger partial charge in [-0.05, 0) is 24.8 Å². The average Bonchev–Trinajstić information content (AvgIpc) is 3.18. The van der Waals surface area contributed by atoms with Gasteiger partial charge in [-0.3, -0.25) is 4.79 Å². The Morgan fingerprint density at radius 1 is 1.43 bits per heavy atom. The van der Waals surface area contributed by atoms with Crippen molar-refractivity contribution < 1.29 is 19.1 Å². The van der Waals surface area contributed by atoms with E-state index in [1.165, 1.54) is 11.3 Å². The second-order valence-electron chi connectivity index (χ2n) is 5.41. The normalized spacial score (nSPS) is 13.7. The van der Waals surface area contributed by atoms with Crippen molar-refractivity contribution in [3.63, 3.8) is 0 Å². The molecule has 2 atom stereocenters. The molecule has 0 saturated heterocycles. The molecule has 126 valence electrons. The third-order valence-corrected chi connectivity index (χ3v) is 4.23. The second-order valence-corrected chi connectivity index (χ2v) is 6.36. The molecule has 0 aliphatic heterocycles. The van der Waals surface area contributed by atoms with E-state index in [2.05, 4.69) is 17.1 Å². The molecule has 7 heteroatoms. The summed E-state index contributed by atoms with van der Waals surface area (Å²) in [6.45, 7) is 3.77. The standard InChI is InChI=1S/C16H22N2O4S/c1-3-4-5-7-12(19)10-14(20)21-11(2)15-17-18-16(22-15)13-8-6-9-23-13/h6,8-9,11-12,19H,3-5,7,10H2,1-2H3/t11-,12-/m0/s1. The molecular formula is C16H22N2O4S. The number of hydrogen-bond donors (Lipinski definition) is 1. The van der Waals surface area contributed by atoms with Gasteiger partial charge in [0.25, 0.3) is 11.8 Å². The Labute approximate surface area is 139 Å². The molecule has 0 radical (unpaired) electrons. The summed E-state index contributed by atoms with van der Waals surface area (Å²) in [4.78, 5) is 12.7. The fourth-order valence-corrected chi connectivity index (χ4v) is 2.76. The van der Waals surface area contributed by atoms with Gasteiger partial charge in [-0.25, -0.2) is 0 Å². The lowest BCUT2D eigenvalue weighted by Crippen LogP contribution is -2.17. The number of nitrogens with zero attached hydrogens (tertiary/aromatic N) is 2. The molecule has 1 N–H and O–H groups in total. The highest BCUT2D eigenvalue weighted by Crippen LogP contribution is 2.26. The Balaban J connectivity index is 1.82. The Bertz CT molecular complexity index is 597. The predicted molar refractivity (Wildman–Crippen MR) is 86.9 cm³/mol. The first kappa shape index (κ1) is 17.6. The van der Waals surface area contributed by atoms with Crippen LogP contribution in [0.4, 0.5) is 0 Å². The number of aliphatic hydroxyl groups excluding tert-OH is 1. The van der Waals surface area contributed by atoms with Gasteiger partial charge in [-0.1, -0.05) is 32.3 Å². The van der Waals surface area contributed by atoms with E-state index >= 15 is 0 Å². The first-order valence-electron chi connectivity index (χ1n) is 7.85. The maximum atomic E-state index is 11.8. The van der Waals surface area contributed by atoms with E-state index in [0.717, 1.165) is 24.1 Å². The van der Waals surface area contributed by atoms with Crippen LogP contribution in [-0.2, 0) is 9.53 Å². The van der Waals surface area contributed by atoms with Crippen molar-refractivity contribution in [2.75, 3.05) is 0 Å². The largest absolute Gasteiger partial charge is 0.452 e. The quantitative estimate of drug-likeness (QED) is 0.554. The van der Waals surface area contributed by atoms with Gasteiger partial charge in [-0.2, -0.15) is 0 Å². The van der Waals surface area contributed by atoms with Crippen molar-refractivity contribution in [2.45, 2.75) is 58.2 Å². The minimum Gasteiger partial charge on any atom is -0.452 e. The maximum Gasteiger partial charge on any atom is 0.309 e. The number of ether oxygens (including phenoxy) is 1. The van der Waals surface area contributed by atoms with Crippen LogP contribution < -0.4 is 0 Å². The molecule has 23 heavy (non-hydrogen) atoms. The highest BCUT2D eigenvalue weighted by molar-refractivity contribution is 7.13. The lowest BCUT2D eigenvalue weighted by molar-refractivity contribution is -0.152. The molecule has 0 aliphatic rings. The topological polar surface area (TPSA) is 85.5 Å². The van der Waals surface area contributed by atoms with Gasteiger partial charge < -0.3 is 14.3 Å². The van der Waals surface area contributed by atoms with Crippen molar-refractivity contribution in [2.24, 2.45) is 0 Å². The minimum atomic E-state index is -0.661. The van der Waals surface area contributed by atoms with E-state index in [1.807, 2.05) is 17.5 Å². The summed E-state index contributed by atoms with van der Waals surface area (Å²) in [5.41, 5.74) is 0. The van der Waals surface area contributed by atoms with E-state index in [4.69, 9.17) is 9.15 Å². The van der Waals surface area contributed by atoms with Crippen LogP contribution in [-0.4, -0.2) is 27.4 Å². The highest BCUT2D eigenvalue weighted by Gasteiger charge is 2.20. The Kier molecular flexibility index (Phi) is 6.73. The summed E-state index contributed by atoms with van der Waals surface area (Å²) in [5.74, 6) is 0.206. The Morgan fingerprint density at radius 3 is 2.96 bits per heavy atom. The number of thiophene rings is 1. The van der Waals surface area contributed by atoms with Crippen LogP contribution in [0.25, 0.3) is 10.8 Å². The molecule has 2 aromatic heterocycles. The second kappa shape index (κ2) is 8.79. The molecule has 0 unspecified atom stereocenters. The molecule has 6 nitrogen and oxygen atoms in total. The summed E-state index contributed by atoms with van der Waals surface area (Å²) >= 11 is 1.50. The molecule has 0 aliphatic carbocycles. The first-order valence-corrected chi connectivity index (χ1v) is 8.73. The maximum absolute atomic E-state index is 11.8. The predicted octanol–water partition coefficient (Wildman–Crippen LogP) is 3.73. The number of hydrogen-bond acceptors (Lipinski definition) is 7. The van der Waals surface area contributed by atoms with E-state index < -0.39 is 18.2 Å². The van der Waals surface area contributed by atoms with Crippen LogP contribution in [0.1, 0.15) is 57.9 Å². The minimum absolute atomic E-state index is 0.0139. The third kappa shape index (κ3) is 5.44. The molecule has 2 heterocycles. The molecule has 0 bridgehead atoms. The zero-order valence-electron chi connectivity index (χ0n) is 13.4. The Hall–Kier alpha value is -1.73. The van der Waals surface area contributed by atoms with Gasteiger partial charge >= 0.3 is 5.97 Å². The molecule has 0 amide bonds. The van der Waals surface area contributed by atoms with Crippen LogP contribution in [0, 0.1) is 0 Å². The molecule has 0 aromatic carbocycles. The molecule has 0 spiro atoms. The highest BCUT2D eigenvalue weighted by atomic mass is 32.1. The van der Waals surface area contributed by atoms with Crippen molar-refractivity contribution in [3.8, 4) is 10.8 Å². The summed E-state index contributed by atoms with van der Waals surface area (Å²) in [6, 6.07) is 3.78. The van der Waals surface area contributed by atoms with Crippen LogP contribution in [0.5, 0.6) is 0 Å². The van der Waals surface area contributed by atoms with Gasteiger partial charge in [-0.15, -0.1) is 21.5 Å². The number of carbonyl (C=O) groups excluding carboxylic acids is 1. The van der Waals surface area contributed by atoms with Crippen molar-refractivity contribution in [1.29, 1.82) is 0 Å². The van der Waals surface area contributed by atoms with Crippen molar-refractivity contribution >= 4 is 17.3 Å². The van der Waals surface area contributed by atoms with Crippen LogP contribution in [0.2, 0.25) is 0 Å². The average molecular weight is 338 g/mol. The number of rotatable bonds is 9. The van der Waals surface area contributed by atoms with Gasteiger partial charge in [0, 0.05) is 0 Å². The van der Waals surface area contributed by atoms with Crippen molar-refractivity contribution in [1.82, 2.24) is 10.2 Å². The van der Waals surface area contributed by atoms with E-state index in [1.54, 1.807) is 6.92 Å². The number of unbranched alkanes of at least 4 members (excludes halogenated alkanes) is 2. The van der Waals surface area contributed by atoms with E-state index in [-0.39, 0.29) is 12.3 Å². The zero-order chi connectivity index (χ0) is 16.7. The summed E-state index contributed by atoms with van der Waals surface area (Å²) in [5, 5.41) is 19.6. The van der Waals surface area contributed by atoms with Gasteiger partial charge in [0.15, 0.2) is 6.10 Å². The number of aliphatic hydroxyl groups is 1. The van der Waals surface area contributed by atoms with Crippen molar-refractivity contribution in [3.05, 3.63) is 23.4 Å². The SMILES string of the molecule is CCCCC[C@H](O)CC(=O)O[C@@H](C)c1nnc(-c2cccs2)o1. The molecule has 2 aromatic rings. The number of aromatic nitrogens is 2. The first-order chi connectivity index (χ1) is 11.1. The zero-order valence-corrected chi connectivity index (χ0v) is 14.2. The summed E-state index contributed by atoms with van der Waals surface area (Å²) < 4.78 is 10.8. The fourth-order valence-electron chi connectivity index (χ4n) is 2.12. The van der Waals surface area contributed by atoms with E-state index in [9.17, 15) is 9.90 Å². The monoisotopic (exact) mass is 338 g/mol. The smallest absolute Gasteiger partial charge is 0.309 e. The molecule has 0 fully saturated rings. The van der Waals surface area contributed by atoms with E-state index in [0.29, 0.717) is 12.3 Å². The van der Waals surface area contributed by atoms with Gasteiger partial charge in [0.2, 0.25) is 0 Å². The molecular weight excluding hydrogens is 316 g/mol. The van der Waals surface area contributed by atoms with Gasteiger partial charge in [0.1, 0.15) is 0 Å².